The van der Waals surface area contributed by atoms with Crippen LogP contribution in [0.1, 0.15) is 38.2 Å². The molecule has 1 aromatic carbocycles. The van der Waals surface area contributed by atoms with Gasteiger partial charge in [-0.25, -0.2) is 4.79 Å². The number of thioether (sulfide) groups is 1. The minimum absolute atomic E-state index is 0.580. The lowest BCUT2D eigenvalue weighted by molar-refractivity contribution is -0.144. The lowest BCUT2D eigenvalue weighted by atomic mass is 9.92. The number of carbonyl (C=O) groups is 1. The van der Waals surface area contributed by atoms with E-state index in [1.54, 1.807) is 11.8 Å². The SMILES string of the molecule is CCNC(CSCC1CCCC1)(C(=O)O)c1ccccc1. The van der Waals surface area contributed by atoms with Crippen LogP contribution >= 0.6 is 11.8 Å². The third-order valence-electron chi connectivity index (χ3n) is 4.26. The number of hydrogen-bond donors (Lipinski definition) is 2. The number of likely N-dealkylation sites (N-methyl/N-ethyl adjacent to an activating group) is 1. The van der Waals surface area contributed by atoms with E-state index in [0.29, 0.717) is 12.3 Å². The molecule has 0 spiro atoms. The van der Waals surface area contributed by atoms with Crippen LogP contribution in [0, 0.1) is 5.92 Å². The van der Waals surface area contributed by atoms with Crippen LogP contribution in [0.5, 0.6) is 0 Å². The van der Waals surface area contributed by atoms with Gasteiger partial charge in [-0.05, 0) is 36.6 Å². The summed E-state index contributed by atoms with van der Waals surface area (Å²) < 4.78 is 0. The van der Waals surface area contributed by atoms with Crippen LogP contribution in [-0.4, -0.2) is 29.1 Å². The van der Waals surface area contributed by atoms with Gasteiger partial charge in [0.1, 0.15) is 0 Å². The summed E-state index contributed by atoms with van der Waals surface area (Å²) in [6.07, 6.45) is 5.28. The van der Waals surface area contributed by atoms with E-state index in [9.17, 15) is 9.90 Å². The first-order valence-electron chi connectivity index (χ1n) is 7.80. The number of carboxylic acids is 1. The van der Waals surface area contributed by atoms with Gasteiger partial charge < -0.3 is 5.11 Å². The van der Waals surface area contributed by atoms with Crippen molar-refractivity contribution < 1.29 is 9.90 Å². The number of aliphatic carboxylic acids is 1. The Kier molecular flexibility index (Phi) is 6.12. The van der Waals surface area contributed by atoms with Crippen LogP contribution in [0.25, 0.3) is 0 Å². The Bertz CT molecular complexity index is 445. The van der Waals surface area contributed by atoms with Crippen molar-refractivity contribution in [3.63, 3.8) is 0 Å². The molecule has 1 aromatic rings. The van der Waals surface area contributed by atoms with Crippen molar-refractivity contribution in [2.45, 2.75) is 38.1 Å². The molecule has 4 heteroatoms. The van der Waals surface area contributed by atoms with Gasteiger partial charge in [0.05, 0.1) is 0 Å². The van der Waals surface area contributed by atoms with Crippen LogP contribution in [0.15, 0.2) is 30.3 Å². The third kappa shape index (κ3) is 4.01. The molecule has 3 nitrogen and oxygen atoms in total. The third-order valence-corrected chi connectivity index (χ3v) is 5.60. The summed E-state index contributed by atoms with van der Waals surface area (Å²) in [7, 11) is 0. The van der Waals surface area contributed by atoms with Crippen LogP contribution in [0.4, 0.5) is 0 Å². The van der Waals surface area contributed by atoms with Crippen molar-refractivity contribution >= 4 is 17.7 Å². The Labute approximate surface area is 131 Å². The van der Waals surface area contributed by atoms with Gasteiger partial charge in [-0.2, -0.15) is 11.8 Å². The fourth-order valence-corrected chi connectivity index (χ4v) is 4.56. The highest BCUT2D eigenvalue weighted by Crippen LogP contribution is 2.32. The monoisotopic (exact) mass is 307 g/mol. The number of nitrogens with one attached hydrogen (secondary N) is 1. The van der Waals surface area contributed by atoms with Gasteiger partial charge in [0.2, 0.25) is 0 Å². The van der Waals surface area contributed by atoms with Crippen molar-refractivity contribution in [1.29, 1.82) is 0 Å². The summed E-state index contributed by atoms with van der Waals surface area (Å²) in [6.45, 7) is 2.60. The number of hydrogen-bond acceptors (Lipinski definition) is 3. The lowest BCUT2D eigenvalue weighted by Gasteiger charge is -2.31. The molecule has 0 aromatic heterocycles. The van der Waals surface area contributed by atoms with Crippen LogP contribution < -0.4 is 5.32 Å². The summed E-state index contributed by atoms with van der Waals surface area (Å²) in [5.41, 5.74) is -0.127. The minimum atomic E-state index is -0.973. The first kappa shape index (κ1) is 16.4. The first-order valence-corrected chi connectivity index (χ1v) is 8.96. The fraction of sp³-hybridized carbons (Fsp3) is 0.588. The summed E-state index contributed by atoms with van der Waals surface area (Å²) >= 11 is 1.78. The molecule has 0 saturated heterocycles. The number of rotatable bonds is 8. The maximum absolute atomic E-state index is 12.0. The molecule has 1 atom stereocenters. The molecule has 1 aliphatic rings. The molecule has 21 heavy (non-hydrogen) atoms. The Morgan fingerprint density at radius 1 is 1.33 bits per heavy atom. The second kappa shape index (κ2) is 7.85. The van der Waals surface area contributed by atoms with E-state index in [4.69, 9.17) is 0 Å². The van der Waals surface area contributed by atoms with Gasteiger partial charge in [-0.15, -0.1) is 0 Å². The summed E-state index contributed by atoms with van der Waals surface area (Å²) in [5, 5.41) is 13.0. The average Bonchev–Trinajstić information content (AvgIpc) is 3.00. The Morgan fingerprint density at radius 3 is 2.57 bits per heavy atom. The van der Waals surface area contributed by atoms with E-state index in [1.165, 1.54) is 25.7 Å². The zero-order chi connectivity index (χ0) is 15.1. The Hall–Kier alpha value is -1.00. The van der Waals surface area contributed by atoms with Gasteiger partial charge in [-0.3, -0.25) is 5.32 Å². The van der Waals surface area contributed by atoms with E-state index in [0.717, 1.165) is 17.2 Å². The number of benzene rings is 1. The normalized spacial score (nSPS) is 18.5. The minimum Gasteiger partial charge on any atom is -0.480 e. The lowest BCUT2D eigenvalue weighted by Crippen LogP contribution is -2.51. The average molecular weight is 307 g/mol. The molecule has 2 rings (SSSR count). The predicted molar refractivity (Wildman–Crippen MR) is 88.7 cm³/mol. The first-order chi connectivity index (χ1) is 10.2. The highest BCUT2D eigenvalue weighted by molar-refractivity contribution is 7.99. The smallest absolute Gasteiger partial charge is 0.329 e. The molecule has 1 saturated carbocycles. The van der Waals surface area contributed by atoms with Crippen LogP contribution in [0.3, 0.4) is 0 Å². The molecule has 1 fully saturated rings. The molecule has 0 aliphatic heterocycles. The van der Waals surface area contributed by atoms with Crippen molar-refractivity contribution in [2.24, 2.45) is 5.92 Å². The van der Waals surface area contributed by atoms with E-state index in [-0.39, 0.29) is 0 Å². The standard InChI is InChI=1S/C17H25NO2S/c1-2-18-17(16(19)20,15-10-4-3-5-11-15)13-21-12-14-8-6-7-9-14/h3-5,10-11,14,18H,2,6-9,12-13H2,1H3,(H,19,20). The van der Waals surface area contributed by atoms with Gasteiger partial charge >= 0.3 is 5.97 Å². The zero-order valence-corrected chi connectivity index (χ0v) is 13.5. The largest absolute Gasteiger partial charge is 0.480 e. The molecular formula is C17H25NO2S. The predicted octanol–water partition coefficient (Wildman–Crippen LogP) is 3.50. The van der Waals surface area contributed by atoms with Gasteiger partial charge in [-0.1, -0.05) is 50.1 Å². The highest BCUT2D eigenvalue weighted by Gasteiger charge is 2.39. The second-order valence-electron chi connectivity index (χ2n) is 5.77. The van der Waals surface area contributed by atoms with E-state index >= 15 is 0 Å². The van der Waals surface area contributed by atoms with Crippen molar-refractivity contribution in [1.82, 2.24) is 5.32 Å². The van der Waals surface area contributed by atoms with Crippen molar-refractivity contribution in [3.8, 4) is 0 Å². The van der Waals surface area contributed by atoms with E-state index in [2.05, 4.69) is 5.32 Å². The van der Waals surface area contributed by atoms with Crippen LogP contribution in [-0.2, 0) is 10.3 Å². The molecule has 1 aliphatic carbocycles. The number of carboxylic acid groups (broad SMARTS) is 1. The quantitative estimate of drug-likeness (QED) is 0.772. The summed E-state index contributed by atoms with van der Waals surface area (Å²) in [6, 6.07) is 9.56. The van der Waals surface area contributed by atoms with E-state index < -0.39 is 11.5 Å². The van der Waals surface area contributed by atoms with Gasteiger partial charge in [0, 0.05) is 5.75 Å². The molecule has 116 valence electrons. The molecule has 0 radical (unpaired) electrons. The Balaban J connectivity index is 2.09. The summed E-state index contributed by atoms with van der Waals surface area (Å²) in [4.78, 5) is 12.0. The van der Waals surface area contributed by atoms with Gasteiger partial charge in [0.25, 0.3) is 0 Å². The van der Waals surface area contributed by atoms with Crippen molar-refractivity contribution in [3.05, 3.63) is 35.9 Å². The molecule has 0 bridgehead atoms. The maximum Gasteiger partial charge on any atom is 0.329 e. The van der Waals surface area contributed by atoms with Crippen LogP contribution in [0.2, 0.25) is 0 Å². The molecule has 0 amide bonds. The second-order valence-corrected chi connectivity index (χ2v) is 6.80. The Morgan fingerprint density at radius 2 is 2.00 bits per heavy atom. The fourth-order valence-electron chi connectivity index (χ4n) is 3.08. The summed E-state index contributed by atoms with van der Waals surface area (Å²) in [5.74, 6) is 1.65. The molecule has 0 heterocycles. The maximum atomic E-state index is 12.0. The topological polar surface area (TPSA) is 49.3 Å². The highest BCUT2D eigenvalue weighted by atomic mass is 32.2. The molecule has 2 N–H and O–H groups in total. The molecular weight excluding hydrogens is 282 g/mol. The van der Waals surface area contributed by atoms with E-state index in [1.807, 2.05) is 37.3 Å². The molecule has 1 unspecified atom stereocenters. The zero-order valence-electron chi connectivity index (χ0n) is 12.7. The van der Waals surface area contributed by atoms with Gasteiger partial charge in [0.15, 0.2) is 5.54 Å². The van der Waals surface area contributed by atoms with Crippen molar-refractivity contribution in [2.75, 3.05) is 18.1 Å².